The van der Waals surface area contributed by atoms with Gasteiger partial charge in [-0.1, -0.05) is 6.07 Å². The van der Waals surface area contributed by atoms with E-state index in [4.69, 9.17) is 10.8 Å². The molecule has 16 heavy (non-hydrogen) atoms. The van der Waals surface area contributed by atoms with Crippen molar-refractivity contribution < 1.29 is 9.90 Å². The van der Waals surface area contributed by atoms with Gasteiger partial charge in [-0.15, -0.1) is 0 Å². The molecule has 0 saturated carbocycles. The van der Waals surface area contributed by atoms with Gasteiger partial charge in [0.25, 0.3) is 5.56 Å². The molecule has 1 heterocycles. The monoisotopic (exact) mass is 221 g/mol. The Morgan fingerprint density at radius 2 is 2.25 bits per heavy atom. The lowest BCUT2D eigenvalue weighted by Gasteiger charge is -2.01. The molecule has 0 bridgehead atoms. The number of aromatic amines is 1. The summed E-state index contributed by atoms with van der Waals surface area (Å²) in [6.45, 7) is 0.168. The number of hydrogen-bond donors (Lipinski definition) is 3. The molecule has 0 fully saturated rings. The van der Waals surface area contributed by atoms with Gasteiger partial charge in [0.2, 0.25) is 5.91 Å². The minimum absolute atomic E-state index is 0.0967. The number of aliphatic hydroxyl groups is 1. The number of H-pyrrole nitrogens is 1. The van der Waals surface area contributed by atoms with Crippen LogP contribution in [0.4, 0.5) is 0 Å². The minimum atomic E-state index is -0.641. The van der Waals surface area contributed by atoms with Crippen molar-refractivity contribution >= 4 is 16.8 Å². The van der Waals surface area contributed by atoms with E-state index in [1.54, 1.807) is 12.1 Å². The molecule has 1 amide bonds. The van der Waals surface area contributed by atoms with Gasteiger partial charge in [-0.3, -0.25) is 19.4 Å². The second-order valence-electron chi connectivity index (χ2n) is 3.38. The number of primary amides is 1. The van der Waals surface area contributed by atoms with E-state index in [0.29, 0.717) is 5.52 Å². The third kappa shape index (κ3) is 1.49. The molecule has 0 aliphatic carbocycles. The number of nitrogens with one attached hydrogen (secondary N) is 1. The highest BCUT2D eigenvalue weighted by Gasteiger charge is 2.13. The lowest BCUT2D eigenvalue weighted by Crippen LogP contribution is -2.14. The first-order valence-corrected chi connectivity index (χ1v) is 4.77. The van der Waals surface area contributed by atoms with Crippen LogP contribution in [0, 0.1) is 0 Å². The molecule has 0 aliphatic heterocycles. The lowest BCUT2D eigenvalue weighted by molar-refractivity contribution is 0.100. The number of benzene rings is 1. The highest BCUT2D eigenvalue weighted by molar-refractivity contribution is 6.05. The topological polar surface area (TPSA) is 101 Å². The molecule has 1 aromatic heterocycles. The van der Waals surface area contributed by atoms with Crippen LogP contribution in [0.15, 0.2) is 23.0 Å². The van der Waals surface area contributed by atoms with Crippen LogP contribution in [0.2, 0.25) is 0 Å². The molecular formula is C10H11N3O3. The molecule has 1 aromatic carbocycles. The second kappa shape index (κ2) is 3.82. The summed E-state index contributed by atoms with van der Waals surface area (Å²) in [5.74, 6) is -0.641. The van der Waals surface area contributed by atoms with E-state index < -0.39 is 5.91 Å². The standard InChI is InChI=1S/C10H11N3O3/c11-9(15)6-2-1-3-7-8(6)10(16)12-13(7)4-5-14/h1-3,14H,4-5H2,(H2,11,15)(H,12,16). The van der Waals surface area contributed by atoms with Gasteiger partial charge in [-0.2, -0.15) is 0 Å². The largest absolute Gasteiger partial charge is 0.394 e. The van der Waals surface area contributed by atoms with Crippen molar-refractivity contribution in [1.29, 1.82) is 0 Å². The fourth-order valence-corrected chi connectivity index (χ4v) is 1.72. The maximum Gasteiger partial charge on any atom is 0.272 e. The summed E-state index contributed by atoms with van der Waals surface area (Å²) in [7, 11) is 0. The van der Waals surface area contributed by atoms with Crippen molar-refractivity contribution in [3.05, 3.63) is 34.1 Å². The van der Waals surface area contributed by atoms with E-state index >= 15 is 0 Å². The normalized spacial score (nSPS) is 10.8. The van der Waals surface area contributed by atoms with Crippen molar-refractivity contribution in [2.24, 2.45) is 5.73 Å². The van der Waals surface area contributed by atoms with Crippen LogP contribution in [0.25, 0.3) is 10.9 Å². The average Bonchev–Trinajstić information content (AvgIpc) is 2.57. The molecule has 0 unspecified atom stereocenters. The molecule has 6 heteroatoms. The van der Waals surface area contributed by atoms with E-state index in [-0.39, 0.29) is 29.7 Å². The zero-order chi connectivity index (χ0) is 11.7. The van der Waals surface area contributed by atoms with Crippen LogP contribution >= 0.6 is 0 Å². The molecule has 0 radical (unpaired) electrons. The fraction of sp³-hybridized carbons (Fsp3) is 0.200. The first-order chi connectivity index (χ1) is 7.65. The Labute approximate surface area is 90.3 Å². The van der Waals surface area contributed by atoms with E-state index in [2.05, 4.69) is 5.10 Å². The number of amides is 1. The van der Waals surface area contributed by atoms with Crippen molar-refractivity contribution in [2.75, 3.05) is 6.61 Å². The van der Waals surface area contributed by atoms with Crippen molar-refractivity contribution in [3.8, 4) is 0 Å². The van der Waals surface area contributed by atoms with Gasteiger partial charge in [0, 0.05) is 0 Å². The second-order valence-corrected chi connectivity index (χ2v) is 3.38. The quantitative estimate of drug-likeness (QED) is 0.646. The summed E-state index contributed by atoms with van der Waals surface area (Å²) in [4.78, 5) is 22.8. The summed E-state index contributed by atoms with van der Waals surface area (Å²) in [6, 6.07) is 4.84. The Kier molecular flexibility index (Phi) is 2.49. The smallest absolute Gasteiger partial charge is 0.272 e. The van der Waals surface area contributed by atoms with Crippen molar-refractivity contribution in [3.63, 3.8) is 0 Å². The number of carbonyl (C=O) groups is 1. The van der Waals surface area contributed by atoms with E-state index in [1.807, 2.05) is 0 Å². The SMILES string of the molecule is NC(=O)c1cccc2c1c(=O)[nH]n2CCO. The number of aromatic nitrogens is 2. The third-order valence-electron chi connectivity index (χ3n) is 2.39. The molecule has 0 atom stereocenters. The zero-order valence-electron chi connectivity index (χ0n) is 8.43. The number of aliphatic hydroxyl groups excluding tert-OH is 1. The predicted octanol–water partition coefficient (Wildman–Crippen LogP) is -0.579. The third-order valence-corrected chi connectivity index (χ3v) is 2.39. The van der Waals surface area contributed by atoms with Crippen LogP contribution in [-0.4, -0.2) is 27.4 Å². The molecule has 2 aromatic rings. The Balaban J connectivity index is 2.79. The molecule has 0 aliphatic rings. The predicted molar refractivity (Wildman–Crippen MR) is 58.2 cm³/mol. The number of carbonyl (C=O) groups excluding carboxylic acids is 1. The Morgan fingerprint density at radius 1 is 1.50 bits per heavy atom. The summed E-state index contributed by atoms with van der Waals surface area (Å²) >= 11 is 0. The van der Waals surface area contributed by atoms with Crippen LogP contribution in [-0.2, 0) is 6.54 Å². The molecule has 0 spiro atoms. The summed E-state index contributed by atoms with van der Waals surface area (Å²) in [5.41, 5.74) is 5.56. The van der Waals surface area contributed by atoms with E-state index in [0.717, 1.165) is 0 Å². The average molecular weight is 221 g/mol. The summed E-state index contributed by atoms with van der Waals surface area (Å²) in [6.07, 6.45) is 0. The molecular weight excluding hydrogens is 210 g/mol. The number of rotatable bonds is 3. The van der Waals surface area contributed by atoms with E-state index in [1.165, 1.54) is 10.7 Å². The molecule has 84 valence electrons. The number of fused-ring (bicyclic) bond motifs is 1. The van der Waals surface area contributed by atoms with Crippen LogP contribution < -0.4 is 11.3 Å². The first-order valence-electron chi connectivity index (χ1n) is 4.77. The maximum atomic E-state index is 11.6. The highest BCUT2D eigenvalue weighted by atomic mass is 16.3. The van der Waals surface area contributed by atoms with Crippen LogP contribution in [0.1, 0.15) is 10.4 Å². The van der Waals surface area contributed by atoms with Gasteiger partial charge in [-0.05, 0) is 12.1 Å². The van der Waals surface area contributed by atoms with Gasteiger partial charge >= 0.3 is 0 Å². The fourth-order valence-electron chi connectivity index (χ4n) is 1.72. The van der Waals surface area contributed by atoms with Gasteiger partial charge in [0.1, 0.15) is 0 Å². The van der Waals surface area contributed by atoms with Crippen molar-refractivity contribution in [2.45, 2.75) is 6.54 Å². The lowest BCUT2D eigenvalue weighted by atomic mass is 10.1. The van der Waals surface area contributed by atoms with Crippen molar-refractivity contribution in [1.82, 2.24) is 9.78 Å². The van der Waals surface area contributed by atoms with Gasteiger partial charge < -0.3 is 10.8 Å². The minimum Gasteiger partial charge on any atom is -0.394 e. The molecule has 6 nitrogen and oxygen atoms in total. The first kappa shape index (κ1) is 10.4. The Hall–Kier alpha value is -2.08. The molecule has 4 N–H and O–H groups in total. The van der Waals surface area contributed by atoms with Crippen LogP contribution in [0.5, 0.6) is 0 Å². The summed E-state index contributed by atoms with van der Waals surface area (Å²) in [5, 5.41) is 11.6. The van der Waals surface area contributed by atoms with Crippen LogP contribution in [0.3, 0.4) is 0 Å². The summed E-state index contributed by atoms with van der Waals surface area (Å²) < 4.78 is 1.49. The Bertz CT molecular complexity index is 597. The Morgan fingerprint density at radius 3 is 2.88 bits per heavy atom. The number of nitrogens with zero attached hydrogens (tertiary/aromatic N) is 1. The van der Waals surface area contributed by atoms with Gasteiger partial charge in [-0.25, -0.2) is 0 Å². The maximum absolute atomic E-state index is 11.6. The number of nitrogens with two attached hydrogens (primary N) is 1. The zero-order valence-corrected chi connectivity index (χ0v) is 8.43. The van der Waals surface area contributed by atoms with Gasteiger partial charge in [0.05, 0.1) is 29.6 Å². The van der Waals surface area contributed by atoms with Gasteiger partial charge in [0.15, 0.2) is 0 Å². The molecule has 0 saturated heterocycles. The highest BCUT2D eigenvalue weighted by Crippen LogP contribution is 2.14. The number of hydrogen-bond acceptors (Lipinski definition) is 3. The van der Waals surface area contributed by atoms with E-state index in [9.17, 15) is 9.59 Å². The molecule has 2 rings (SSSR count).